The van der Waals surface area contributed by atoms with E-state index in [0.29, 0.717) is 12.3 Å². The Morgan fingerprint density at radius 3 is 2.68 bits per heavy atom. The van der Waals surface area contributed by atoms with Gasteiger partial charge in [0.1, 0.15) is 5.75 Å². The highest BCUT2D eigenvalue weighted by molar-refractivity contribution is 5.80. The molecular formula is C15H15N3O4. The van der Waals surface area contributed by atoms with Gasteiger partial charge in [0.25, 0.3) is 11.6 Å². The molecule has 0 aliphatic heterocycles. The zero-order valence-corrected chi connectivity index (χ0v) is 11.9. The Hall–Kier alpha value is -2.96. The van der Waals surface area contributed by atoms with E-state index in [-0.39, 0.29) is 11.6 Å². The SMILES string of the molecule is CC(Oc1ccc([N+](=O)[O-])cc1)C(=O)NCc1cccnc1. The second-order valence-electron chi connectivity index (χ2n) is 4.59. The number of amides is 1. The maximum atomic E-state index is 11.9. The molecule has 1 unspecified atom stereocenters. The van der Waals surface area contributed by atoms with Crippen LogP contribution in [-0.4, -0.2) is 21.9 Å². The predicted octanol–water partition coefficient (Wildman–Crippen LogP) is 2.07. The summed E-state index contributed by atoms with van der Waals surface area (Å²) in [6.07, 6.45) is 2.62. The second-order valence-corrected chi connectivity index (χ2v) is 4.59. The minimum Gasteiger partial charge on any atom is -0.481 e. The highest BCUT2D eigenvalue weighted by atomic mass is 16.6. The normalized spacial score (nSPS) is 11.5. The maximum absolute atomic E-state index is 11.9. The van der Waals surface area contributed by atoms with Crippen molar-refractivity contribution in [2.75, 3.05) is 0 Å². The Morgan fingerprint density at radius 1 is 1.36 bits per heavy atom. The fourth-order valence-corrected chi connectivity index (χ4v) is 1.74. The van der Waals surface area contributed by atoms with E-state index < -0.39 is 11.0 Å². The van der Waals surface area contributed by atoms with Crippen molar-refractivity contribution in [3.63, 3.8) is 0 Å². The molecule has 1 N–H and O–H groups in total. The second kappa shape index (κ2) is 7.16. The summed E-state index contributed by atoms with van der Waals surface area (Å²) in [6, 6.07) is 9.23. The van der Waals surface area contributed by atoms with E-state index >= 15 is 0 Å². The van der Waals surface area contributed by atoms with Gasteiger partial charge in [-0.15, -0.1) is 0 Å². The molecule has 1 atom stereocenters. The van der Waals surface area contributed by atoms with Crippen LogP contribution in [0.25, 0.3) is 0 Å². The minimum absolute atomic E-state index is 0.0268. The molecule has 7 nitrogen and oxygen atoms in total. The Labute approximate surface area is 127 Å². The van der Waals surface area contributed by atoms with Gasteiger partial charge in [-0.3, -0.25) is 19.9 Å². The number of carbonyl (C=O) groups excluding carboxylic acids is 1. The van der Waals surface area contributed by atoms with E-state index in [9.17, 15) is 14.9 Å². The molecule has 0 spiro atoms. The van der Waals surface area contributed by atoms with Crippen LogP contribution >= 0.6 is 0 Å². The monoisotopic (exact) mass is 301 g/mol. The number of rotatable bonds is 6. The summed E-state index contributed by atoms with van der Waals surface area (Å²) in [6.45, 7) is 1.97. The Bertz CT molecular complexity index is 644. The van der Waals surface area contributed by atoms with Gasteiger partial charge in [-0.2, -0.15) is 0 Å². The lowest BCUT2D eigenvalue weighted by Crippen LogP contribution is -2.35. The van der Waals surface area contributed by atoms with Crippen molar-refractivity contribution in [3.8, 4) is 5.75 Å². The first-order chi connectivity index (χ1) is 10.6. The first kappa shape index (κ1) is 15.4. The number of pyridine rings is 1. The Kier molecular flexibility index (Phi) is 5.02. The van der Waals surface area contributed by atoms with E-state index in [1.807, 2.05) is 6.07 Å². The van der Waals surface area contributed by atoms with Crippen LogP contribution in [0.3, 0.4) is 0 Å². The average Bonchev–Trinajstić information content (AvgIpc) is 2.54. The molecule has 0 fully saturated rings. The molecule has 0 radical (unpaired) electrons. The molecule has 0 bridgehead atoms. The first-order valence-electron chi connectivity index (χ1n) is 6.64. The molecule has 7 heteroatoms. The molecule has 1 aromatic heterocycles. The number of non-ortho nitro benzene ring substituents is 1. The van der Waals surface area contributed by atoms with Crippen LogP contribution in [0.15, 0.2) is 48.8 Å². The highest BCUT2D eigenvalue weighted by Gasteiger charge is 2.15. The van der Waals surface area contributed by atoms with Crippen molar-refractivity contribution in [3.05, 3.63) is 64.5 Å². The third kappa shape index (κ3) is 4.27. The van der Waals surface area contributed by atoms with Crippen molar-refractivity contribution >= 4 is 11.6 Å². The number of nitro groups is 1. The summed E-state index contributed by atoms with van der Waals surface area (Å²) in [5, 5.41) is 13.3. The van der Waals surface area contributed by atoms with E-state index in [2.05, 4.69) is 10.3 Å². The Balaban J connectivity index is 1.86. The molecule has 0 saturated carbocycles. The molecule has 22 heavy (non-hydrogen) atoms. The predicted molar refractivity (Wildman–Crippen MR) is 79.3 cm³/mol. The molecule has 0 aliphatic rings. The van der Waals surface area contributed by atoms with Gasteiger partial charge in [-0.05, 0) is 30.7 Å². The van der Waals surface area contributed by atoms with E-state index in [1.54, 1.807) is 25.4 Å². The van der Waals surface area contributed by atoms with Crippen LogP contribution in [0, 0.1) is 10.1 Å². The van der Waals surface area contributed by atoms with Crippen LogP contribution in [0.5, 0.6) is 5.75 Å². The average molecular weight is 301 g/mol. The number of nitro benzene ring substituents is 1. The van der Waals surface area contributed by atoms with E-state index in [4.69, 9.17) is 4.74 Å². The fraction of sp³-hybridized carbons (Fsp3) is 0.200. The van der Waals surface area contributed by atoms with Crippen LogP contribution in [0.2, 0.25) is 0 Å². The highest BCUT2D eigenvalue weighted by Crippen LogP contribution is 2.18. The maximum Gasteiger partial charge on any atom is 0.269 e. The number of aromatic nitrogens is 1. The molecule has 0 saturated heterocycles. The summed E-state index contributed by atoms with van der Waals surface area (Å²) in [5.41, 5.74) is 0.861. The number of benzene rings is 1. The van der Waals surface area contributed by atoms with Gasteiger partial charge in [0.15, 0.2) is 6.10 Å². The summed E-state index contributed by atoms with van der Waals surface area (Å²) in [5.74, 6) is 0.122. The molecular weight excluding hydrogens is 286 g/mol. The minimum atomic E-state index is -0.710. The topological polar surface area (TPSA) is 94.4 Å². The van der Waals surface area contributed by atoms with Crippen molar-refractivity contribution < 1.29 is 14.5 Å². The van der Waals surface area contributed by atoms with Gasteiger partial charge < -0.3 is 10.1 Å². The van der Waals surface area contributed by atoms with Crippen molar-refractivity contribution in [2.45, 2.75) is 19.6 Å². The molecule has 1 heterocycles. The van der Waals surface area contributed by atoms with Gasteiger partial charge in [0, 0.05) is 31.1 Å². The van der Waals surface area contributed by atoms with Crippen LogP contribution in [0.1, 0.15) is 12.5 Å². The molecule has 114 valence electrons. The summed E-state index contributed by atoms with van der Waals surface area (Å²) < 4.78 is 5.45. The van der Waals surface area contributed by atoms with Crippen LogP contribution in [-0.2, 0) is 11.3 Å². The smallest absolute Gasteiger partial charge is 0.269 e. The van der Waals surface area contributed by atoms with E-state index in [0.717, 1.165) is 5.56 Å². The fourth-order valence-electron chi connectivity index (χ4n) is 1.74. The third-order valence-corrected chi connectivity index (χ3v) is 2.92. The largest absolute Gasteiger partial charge is 0.481 e. The van der Waals surface area contributed by atoms with Gasteiger partial charge in [-0.25, -0.2) is 0 Å². The quantitative estimate of drug-likeness (QED) is 0.651. The molecule has 1 aromatic carbocycles. The lowest BCUT2D eigenvalue weighted by atomic mass is 10.2. The van der Waals surface area contributed by atoms with Crippen molar-refractivity contribution in [1.82, 2.24) is 10.3 Å². The zero-order valence-electron chi connectivity index (χ0n) is 11.9. The van der Waals surface area contributed by atoms with Crippen LogP contribution in [0.4, 0.5) is 5.69 Å². The molecule has 1 amide bonds. The Morgan fingerprint density at radius 2 is 2.09 bits per heavy atom. The van der Waals surface area contributed by atoms with Crippen molar-refractivity contribution in [1.29, 1.82) is 0 Å². The number of carbonyl (C=O) groups is 1. The number of hydrogen-bond acceptors (Lipinski definition) is 5. The molecule has 2 rings (SSSR count). The molecule has 2 aromatic rings. The van der Waals surface area contributed by atoms with Gasteiger partial charge in [0.05, 0.1) is 4.92 Å². The summed E-state index contributed by atoms with van der Waals surface area (Å²) in [7, 11) is 0. The number of nitrogens with one attached hydrogen (secondary N) is 1. The van der Waals surface area contributed by atoms with Gasteiger partial charge in [-0.1, -0.05) is 6.07 Å². The number of ether oxygens (including phenoxy) is 1. The van der Waals surface area contributed by atoms with Crippen molar-refractivity contribution in [2.24, 2.45) is 0 Å². The number of hydrogen-bond donors (Lipinski definition) is 1. The lowest BCUT2D eigenvalue weighted by Gasteiger charge is -2.14. The zero-order chi connectivity index (χ0) is 15.9. The first-order valence-corrected chi connectivity index (χ1v) is 6.64. The third-order valence-electron chi connectivity index (χ3n) is 2.92. The summed E-state index contributed by atoms with van der Waals surface area (Å²) >= 11 is 0. The van der Waals surface area contributed by atoms with Gasteiger partial charge >= 0.3 is 0 Å². The van der Waals surface area contributed by atoms with E-state index in [1.165, 1.54) is 24.3 Å². The molecule has 0 aliphatic carbocycles. The van der Waals surface area contributed by atoms with Gasteiger partial charge in [0.2, 0.25) is 0 Å². The summed E-state index contributed by atoms with van der Waals surface area (Å²) in [4.78, 5) is 26.0. The standard InChI is InChI=1S/C15H15N3O4/c1-11(15(19)17-10-12-3-2-8-16-9-12)22-14-6-4-13(5-7-14)18(20)21/h2-9,11H,10H2,1H3,(H,17,19). The number of nitrogens with zero attached hydrogens (tertiary/aromatic N) is 2. The lowest BCUT2D eigenvalue weighted by molar-refractivity contribution is -0.384. The van der Waals surface area contributed by atoms with Crippen LogP contribution < -0.4 is 10.1 Å².